The first-order chi connectivity index (χ1) is 16.5. The van der Waals surface area contributed by atoms with Gasteiger partial charge in [-0.05, 0) is 87.3 Å². The number of hydrogen-bond acceptors (Lipinski definition) is 5. The van der Waals surface area contributed by atoms with Crippen LogP contribution in [0.5, 0.6) is 11.8 Å². The molecule has 1 N–H and O–H groups in total. The number of hydrogen-bond donors (Lipinski definition) is 1. The Labute approximate surface area is 199 Å². The van der Waals surface area contributed by atoms with Gasteiger partial charge in [0, 0.05) is 60.4 Å². The third kappa shape index (κ3) is 5.20. The van der Waals surface area contributed by atoms with Gasteiger partial charge in [0.25, 0.3) is 0 Å². The number of rotatable bonds is 7. The van der Waals surface area contributed by atoms with Crippen LogP contribution in [0.3, 0.4) is 0 Å². The van der Waals surface area contributed by atoms with E-state index in [1.807, 2.05) is 44.3 Å². The number of aromatic amines is 1. The highest BCUT2D eigenvalue weighted by Gasteiger charge is 2.17. The lowest BCUT2D eigenvalue weighted by molar-refractivity contribution is 0.255. The fraction of sp³-hybridized carbons (Fsp3) is 0.333. The third-order valence-corrected chi connectivity index (χ3v) is 6.39. The van der Waals surface area contributed by atoms with Gasteiger partial charge in [-0.2, -0.15) is 0 Å². The molecule has 4 aromatic rings. The highest BCUT2D eigenvalue weighted by Crippen LogP contribution is 2.24. The predicted octanol–water partition coefficient (Wildman–Crippen LogP) is 5.26. The van der Waals surface area contributed by atoms with Crippen LogP contribution in [0, 0.1) is 19.7 Å². The van der Waals surface area contributed by atoms with E-state index in [1.165, 1.54) is 17.3 Å². The number of fused-ring (bicyclic) bond motifs is 1. The molecular formula is C27H30FN5O. The average Bonchev–Trinajstić information content (AvgIpc) is 3.21. The zero-order valence-corrected chi connectivity index (χ0v) is 19.7. The molecule has 0 radical (unpaired) electrons. The number of anilines is 1. The van der Waals surface area contributed by atoms with Crippen molar-refractivity contribution in [1.82, 2.24) is 19.9 Å². The van der Waals surface area contributed by atoms with Crippen LogP contribution in [-0.4, -0.2) is 52.6 Å². The Morgan fingerprint density at radius 3 is 2.41 bits per heavy atom. The summed E-state index contributed by atoms with van der Waals surface area (Å²) in [5.41, 5.74) is 5.19. The van der Waals surface area contributed by atoms with Crippen molar-refractivity contribution < 1.29 is 9.13 Å². The van der Waals surface area contributed by atoms with E-state index >= 15 is 0 Å². The Bertz CT molecular complexity index is 1240. The van der Waals surface area contributed by atoms with Gasteiger partial charge in [0.05, 0.1) is 0 Å². The first kappa shape index (κ1) is 22.3. The molecular weight excluding hydrogens is 429 g/mol. The second-order valence-corrected chi connectivity index (χ2v) is 8.97. The lowest BCUT2D eigenvalue weighted by Gasteiger charge is -2.36. The summed E-state index contributed by atoms with van der Waals surface area (Å²) in [5.74, 6) is 0.562. The maximum absolute atomic E-state index is 13.6. The summed E-state index contributed by atoms with van der Waals surface area (Å²) in [5, 5.41) is 1.00. The highest BCUT2D eigenvalue weighted by atomic mass is 19.1. The second-order valence-electron chi connectivity index (χ2n) is 8.97. The quantitative estimate of drug-likeness (QED) is 0.409. The van der Waals surface area contributed by atoms with Crippen molar-refractivity contribution in [3.8, 4) is 11.8 Å². The van der Waals surface area contributed by atoms with E-state index in [-0.39, 0.29) is 5.82 Å². The number of ether oxygens (including phenoxy) is 1. The maximum atomic E-state index is 13.6. The van der Waals surface area contributed by atoms with E-state index < -0.39 is 0 Å². The summed E-state index contributed by atoms with van der Waals surface area (Å²) in [6, 6.07) is 15.4. The maximum Gasteiger partial charge on any atom is 0.322 e. The number of nitrogens with one attached hydrogen (secondary N) is 1. The summed E-state index contributed by atoms with van der Waals surface area (Å²) < 4.78 is 19.4. The number of nitrogens with zero attached hydrogens (tertiary/aromatic N) is 4. The van der Waals surface area contributed by atoms with Gasteiger partial charge in [-0.1, -0.05) is 0 Å². The molecule has 0 saturated carbocycles. The zero-order valence-electron chi connectivity index (χ0n) is 19.7. The van der Waals surface area contributed by atoms with Crippen LogP contribution in [0.25, 0.3) is 10.9 Å². The van der Waals surface area contributed by atoms with Crippen molar-refractivity contribution in [2.75, 3.05) is 37.6 Å². The van der Waals surface area contributed by atoms with Crippen molar-refractivity contribution in [3.05, 3.63) is 77.5 Å². The lowest BCUT2D eigenvalue weighted by Crippen LogP contribution is -2.46. The molecule has 1 aliphatic rings. The molecule has 1 aliphatic heterocycles. The molecule has 0 amide bonds. The van der Waals surface area contributed by atoms with Crippen LogP contribution in [-0.2, 0) is 6.42 Å². The van der Waals surface area contributed by atoms with Crippen LogP contribution in [0.15, 0.2) is 54.7 Å². The molecule has 7 heteroatoms. The lowest BCUT2D eigenvalue weighted by atomic mass is 10.1. The van der Waals surface area contributed by atoms with Crippen molar-refractivity contribution in [2.45, 2.75) is 26.7 Å². The van der Waals surface area contributed by atoms with Gasteiger partial charge >= 0.3 is 6.01 Å². The van der Waals surface area contributed by atoms with Crippen molar-refractivity contribution in [3.63, 3.8) is 0 Å². The molecule has 1 fully saturated rings. The third-order valence-electron chi connectivity index (χ3n) is 6.39. The first-order valence-corrected chi connectivity index (χ1v) is 11.9. The first-order valence-electron chi connectivity index (χ1n) is 11.9. The van der Waals surface area contributed by atoms with E-state index in [0.29, 0.717) is 6.01 Å². The topological polar surface area (TPSA) is 57.3 Å². The predicted molar refractivity (Wildman–Crippen MR) is 133 cm³/mol. The van der Waals surface area contributed by atoms with Gasteiger partial charge in [-0.3, -0.25) is 4.90 Å². The summed E-state index contributed by atoms with van der Waals surface area (Å²) >= 11 is 0. The van der Waals surface area contributed by atoms with Crippen LogP contribution < -0.4 is 9.64 Å². The average molecular weight is 460 g/mol. The van der Waals surface area contributed by atoms with Crippen LogP contribution in [0.4, 0.5) is 10.1 Å². The minimum absolute atomic E-state index is 0.178. The summed E-state index contributed by atoms with van der Waals surface area (Å²) in [7, 11) is 0. The van der Waals surface area contributed by atoms with E-state index in [9.17, 15) is 4.39 Å². The SMILES string of the molecule is Cc1cc(C)nc(Oc2ccc(N3CCN(CCCc4c[nH]c5ccc(F)cc45)CC3)cc2)n1. The van der Waals surface area contributed by atoms with Crippen molar-refractivity contribution in [2.24, 2.45) is 0 Å². The van der Waals surface area contributed by atoms with E-state index in [4.69, 9.17) is 4.74 Å². The second kappa shape index (κ2) is 9.81. The fourth-order valence-corrected chi connectivity index (χ4v) is 4.65. The minimum atomic E-state index is -0.178. The number of halogens is 1. The van der Waals surface area contributed by atoms with E-state index in [0.717, 1.165) is 73.6 Å². The summed E-state index contributed by atoms with van der Waals surface area (Å²) in [6.45, 7) is 9.01. The molecule has 2 aromatic carbocycles. The van der Waals surface area contributed by atoms with Gasteiger partial charge in [0.2, 0.25) is 0 Å². The molecule has 3 heterocycles. The van der Waals surface area contributed by atoms with Gasteiger partial charge in [0.15, 0.2) is 0 Å². The largest absolute Gasteiger partial charge is 0.424 e. The molecule has 2 aromatic heterocycles. The molecule has 5 rings (SSSR count). The van der Waals surface area contributed by atoms with E-state index in [1.54, 1.807) is 6.07 Å². The van der Waals surface area contributed by atoms with Crippen LogP contribution >= 0.6 is 0 Å². The van der Waals surface area contributed by atoms with Gasteiger partial charge < -0.3 is 14.6 Å². The number of aromatic nitrogens is 3. The highest BCUT2D eigenvalue weighted by molar-refractivity contribution is 5.83. The molecule has 6 nitrogen and oxygen atoms in total. The van der Waals surface area contributed by atoms with Crippen LogP contribution in [0.1, 0.15) is 23.4 Å². The molecule has 176 valence electrons. The minimum Gasteiger partial charge on any atom is -0.424 e. The van der Waals surface area contributed by atoms with E-state index in [2.05, 4.69) is 36.9 Å². The Hall–Kier alpha value is -3.45. The standard InChI is InChI=1S/C27H30FN5O/c1-19-16-20(2)31-27(30-19)34-24-8-6-23(7-9-24)33-14-12-32(13-15-33)11-3-4-21-18-29-26-10-5-22(28)17-25(21)26/h5-10,16-18,29H,3-4,11-15H2,1-2H3. The number of benzene rings is 2. The Kier molecular flexibility index (Phi) is 6.45. The van der Waals surface area contributed by atoms with Crippen molar-refractivity contribution in [1.29, 1.82) is 0 Å². The zero-order chi connectivity index (χ0) is 23.5. The smallest absolute Gasteiger partial charge is 0.322 e. The number of piperazine rings is 1. The Balaban J connectivity index is 1.10. The van der Waals surface area contributed by atoms with Gasteiger partial charge in [-0.25, -0.2) is 14.4 Å². The molecule has 0 spiro atoms. The molecule has 0 atom stereocenters. The number of H-pyrrole nitrogens is 1. The van der Waals surface area contributed by atoms with Crippen molar-refractivity contribution >= 4 is 16.6 Å². The Morgan fingerprint density at radius 1 is 0.941 bits per heavy atom. The molecule has 34 heavy (non-hydrogen) atoms. The molecule has 1 saturated heterocycles. The van der Waals surface area contributed by atoms with Crippen LogP contribution in [0.2, 0.25) is 0 Å². The summed E-state index contributed by atoms with van der Waals surface area (Å²) in [6.07, 6.45) is 4.03. The van der Waals surface area contributed by atoms with Gasteiger partial charge in [0.1, 0.15) is 11.6 Å². The fourth-order valence-electron chi connectivity index (χ4n) is 4.65. The molecule has 0 unspecified atom stereocenters. The Morgan fingerprint density at radius 2 is 1.68 bits per heavy atom. The number of aryl methyl sites for hydroxylation is 3. The normalized spacial score (nSPS) is 14.6. The molecule has 0 bridgehead atoms. The monoisotopic (exact) mass is 459 g/mol. The molecule has 0 aliphatic carbocycles. The summed E-state index contributed by atoms with van der Waals surface area (Å²) in [4.78, 5) is 16.9. The van der Waals surface area contributed by atoms with Gasteiger partial charge in [-0.15, -0.1) is 0 Å².